The number of piperidine rings is 1. The van der Waals surface area contributed by atoms with Gasteiger partial charge in [-0.05, 0) is 55.3 Å². The summed E-state index contributed by atoms with van der Waals surface area (Å²) in [6, 6.07) is 12.0. The number of hydrogen-bond acceptors (Lipinski definition) is 5. The number of alkyl halides is 3. The van der Waals surface area contributed by atoms with Crippen LogP contribution in [0, 0.1) is 22.7 Å². The highest BCUT2D eigenvalue weighted by Gasteiger charge is 2.51. The zero-order valence-corrected chi connectivity index (χ0v) is 19.1. The van der Waals surface area contributed by atoms with Gasteiger partial charge in [-0.2, -0.15) is 18.4 Å². The van der Waals surface area contributed by atoms with Crippen molar-refractivity contribution in [2.75, 3.05) is 38.2 Å². The second-order valence-corrected chi connectivity index (χ2v) is 9.06. The summed E-state index contributed by atoms with van der Waals surface area (Å²) in [5.41, 5.74) is 4.53. The summed E-state index contributed by atoms with van der Waals surface area (Å²) in [4.78, 5) is 28.8. The van der Waals surface area contributed by atoms with Gasteiger partial charge in [-0.3, -0.25) is 9.59 Å². The van der Waals surface area contributed by atoms with E-state index in [1.54, 1.807) is 47.2 Å². The van der Waals surface area contributed by atoms with E-state index in [-0.39, 0.29) is 18.1 Å². The molecule has 35 heavy (non-hydrogen) atoms. The number of primary amides is 1. The number of ether oxygens (including phenoxy) is 1. The molecule has 1 atom stereocenters. The van der Waals surface area contributed by atoms with E-state index in [0.29, 0.717) is 43.8 Å². The Morgan fingerprint density at radius 1 is 1.14 bits per heavy atom. The van der Waals surface area contributed by atoms with Crippen LogP contribution >= 0.6 is 0 Å². The first kappa shape index (κ1) is 24.4. The lowest BCUT2D eigenvalue weighted by Crippen LogP contribution is -2.49. The number of hydrogen-bond donors (Lipinski definition) is 1. The van der Waals surface area contributed by atoms with Crippen molar-refractivity contribution < 1.29 is 27.5 Å². The van der Waals surface area contributed by atoms with E-state index >= 15 is 0 Å². The summed E-state index contributed by atoms with van der Waals surface area (Å²) in [5.74, 6) is -0.557. The molecule has 2 amide bonds. The third-order valence-electron chi connectivity index (χ3n) is 7.17. The van der Waals surface area contributed by atoms with Gasteiger partial charge in [0.25, 0.3) is 5.91 Å². The minimum atomic E-state index is -4.67. The van der Waals surface area contributed by atoms with E-state index in [4.69, 9.17) is 15.7 Å². The lowest BCUT2D eigenvalue weighted by atomic mass is 9.70. The quantitative estimate of drug-likeness (QED) is 0.714. The van der Waals surface area contributed by atoms with Gasteiger partial charge in [0.2, 0.25) is 5.91 Å². The Morgan fingerprint density at radius 2 is 1.80 bits per heavy atom. The third kappa shape index (κ3) is 4.63. The Hall–Kier alpha value is -3.74. The number of nitrogens with two attached hydrogens (primary N) is 1. The highest BCUT2D eigenvalue weighted by Crippen LogP contribution is 2.47. The second-order valence-electron chi connectivity index (χ2n) is 9.06. The molecule has 2 saturated heterocycles. The molecular weight excluding hydrogens is 461 g/mol. The number of nitrogens with zero attached hydrogens (tertiary/aromatic N) is 3. The second kappa shape index (κ2) is 9.13. The van der Waals surface area contributed by atoms with Crippen LogP contribution in [-0.2, 0) is 11.0 Å². The van der Waals surface area contributed by atoms with Gasteiger partial charge in [0.05, 0.1) is 30.2 Å². The van der Waals surface area contributed by atoms with Gasteiger partial charge in [-0.15, -0.1) is 0 Å². The zero-order valence-electron chi connectivity index (χ0n) is 19.1. The van der Waals surface area contributed by atoms with Crippen LogP contribution in [0.15, 0.2) is 42.5 Å². The van der Waals surface area contributed by atoms with Crippen LogP contribution in [0.1, 0.15) is 34.3 Å². The van der Waals surface area contributed by atoms with Crippen LogP contribution in [0.4, 0.5) is 18.9 Å². The van der Waals surface area contributed by atoms with Crippen LogP contribution < -0.4 is 15.4 Å². The molecule has 2 aliphatic rings. The molecule has 2 aromatic rings. The number of carbonyl (C=O) groups is 2. The third-order valence-corrected chi connectivity index (χ3v) is 7.17. The highest BCUT2D eigenvalue weighted by molar-refractivity contribution is 5.94. The summed E-state index contributed by atoms with van der Waals surface area (Å²) in [6.07, 6.45) is -3.67. The van der Waals surface area contributed by atoms with Crippen molar-refractivity contribution in [3.8, 4) is 11.8 Å². The Bertz CT molecular complexity index is 1170. The first-order valence-corrected chi connectivity index (χ1v) is 11.2. The van der Waals surface area contributed by atoms with E-state index in [0.717, 1.165) is 12.1 Å². The molecule has 1 spiro atoms. The molecule has 7 nitrogen and oxygen atoms in total. The maximum atomic E-state index is 13.5. The molecule has 0 bridgehead atoms. The minimum Gasteiger partial charge on any atom is -0.497 e. The summed E-state index contributed by atoms with van der Waals surface area (Å²) in [5, 5.41) is 9.07. The molecule has 1 unspecified atom stereocenters. The van der Waals surface area contributed by atoms with Crippen molar-refractivity contribution in [2.45, 2.75) is 19.0 Å². The average molecular weight is 486 g/mol. The molecule has 2 N–H and O–H groups in total. The normalized spacial score (nSPS) is 19.5. The molecule has 0 radical (unpaired) electrons. The predicted molar refractivity (Wildman–Crippen MR) is 122 cm³/mol. The lowest BCUT2D eigenvalue weighted by Gasteiger charge is -2.41. The van der Waals surface area contributed by atoms with E-state index in [9.17, 15) is 22.8 Å². The maximum absolute atomic E-state index is 13.5. The molecule has 2 aliphatic heterocycles. The van der Waals surface area contributed by atoms with Crippen LogP contribution in [0.5, 0.6) is 5.75 Å². The van der Waals surface area contributed by atoms with E-state index in [1.165, 1.54) is 6.07 Å². The van der Waals surface area contributed by atoms with Gasteiger partial charge in [0.1, 0.15) is 5.75 Å². The largest absolute Gasteiger partial charge is 0.497 e. The fraction of sp³-hybridized carbons (Fsp3) is 0.400. The number of methoxy groups -OCH3 is 1. The van der Waals surface area contributed by atoms with Crippen molar-refractivity contribution in [2.24, 2.45) is 17.1 Å². The van der Waals surface area contributed by atoms with E-state index in [1.807, 2.05) is 0 Å². The maximum Gasteiger partial charge on any atom is 0.417 e. The molecular formula is C25H25F3N4O3. The molecule has 0 saturated carbocycles. The fourth-order valence-corrected chi connectivity index (χ4v) is 5.20. The summed E-state index contributed by atoms with van der Waals surface area (Å²) in [6.45, 7) is 1.34. The minimum absolute atomic E-state index is 0.130. The fourth-order valence-electron chi connectivity index (χ4n) is 5.20. The van der Waals surface area contributed by atoms with Crippen LogP contribution in [0.2, 0.25) is 0 Å². The van der Waals surface area contributed by atoms with Crippen LogP contribution in [-0.4, -0.2) is 50.0 Å². The number of halogens is 3. The van der Waals surface area contributed by atoms with Crippen molar-refractivity contribution >= 4 is 17.5 Å². The first-order chi connectivity index (χ1) is 16.6. The van der Waals surface area contributed by atoms with Gasteiger partial charge in [0, 0.05) is 42.8 Å². The lowest BCUT2D eigenvalue weighted by molar-refractivity contribution is -0.137. The van der Waals surface area contributed by atoms with Crippen LogP contribution in [0.25, 0.3) is 0 Å². The SMILES string of the molecule is COc1ccc(C(=O)N2CCC3(CC2)CN(c2ccc(C#N)c(C(F)(F)F)c2)CC3C(N)=O)cc1. The van der Waals surface area contributed by atoms with Gasteiger partial charge >= 0.3 is 6.18 Å². The van der Waals surface area contributed by atoms with Gasteiger partial charge in [-0.25, -0.2) is 0 Å². The zero-order chi connectivity index (χ0) is 25.4. The number of amides is 2. The van der Waals surface area contributed by atoms with E-state index in [2.05, 4.69) is 0 Å². The van der Waals surface area contributed by atoms with Crippen LogP contribution in [0.3, 0.4) is 0 Å². The molecule has 2 aromatic carbocycles. The Morgan fingerprint density at radius 3 is 2.34 bits per heavy atom. The topological polar surface area (TPSA) is 99.7 Å². The molecule has 0 aliphatic carbocycles. The van der Waals surface area contributed by atoms with Gasteiger partial charge in [-0.1, -0.05) is 0 Å². The number of likely N-dealkylation sites (tertiary alicyclic amines) is 1. The first-order valence-electron chi connectivity index (χ1n) is 11.2. The van der Waals surface area contributed by atoms with E-state index < -0.39 is 34.5 Å². The van der Waals surface area contributed by atoms with Crippen molar-refractivity contribution in [1.29, 1.82) is 5.26 Å². The number of carbonyl (C=O) groups excluding carboxylic acids is 2. The number of rotatable bonds is 4. The molecule has 0 aromatic heterocycles. The number of benzene rings is 2. The smallest absolute Gasteiger partial charge is 0.417 e. The van der Waals surface area contributed by atoms with Crippen molar-refractivity contribution in [1.82, 2.24) is 4.90 Å². The van der Waals surface area contributed by atoms with Gasteiger partial charge < -0.3 is 20.3 Å². The average Bonchev–Trinajstić information content (AvgIpc) is 3.22. The number of anilines is 1. The summed E-state index contributed by atoms with van der Waals surface area (Å²) < 4.78 is 45.5. The van der Waals surface area contributed by atoms with Crippen molar-refractivity contribution in [3.63, 3.8) is 0 Å². The monoisotopic (exact) mass is 486 g/mol. The Kier molecular flexibility index (Phi) is 6.36. The highest BCUT2D eigenvalue weighted by atomic mass is 19.4. The summed E-state index contributed by atoms with van der Waals surface area (Å²) in [7, 11) is 1.54. The molecule has 2 heterocycles. The Balaban J connectivity index is 1.53. The Labute approximate surface area is 200 Å². The predicted octanol–water partition coefficient (Wildman–Crippen LogP) is 3.43. The summed E-state index contributed by atoms with van der Waals surface area (Å²) >= 11 is 0. The van der Waals surface area contributed by atoms with Crippen molar-refractivity contribution in [3.05, 3.63) is 59.2 Å². The molecule has 2 fully saturated rings. The molecule has 10 heteroatoms. The number of nitriles is 1. The van der Waals surface area contributed by atoms with Gasteiger partial charge in [0.15, 0.2) is 0 Å². The molecule has 4 rings (SSSR count). The standard InChI is InChI=1S/C25H25F3N4O3/c1-35-19-6-3-16(4-7-19)23(34)31-10-8-24(9-11-31)15-32(14-21(24)22(30)33)18-5-2-17(13-29)20(12-18)25(26,27)28/h2-7,12,21H,8-11,14-15H2,1H3,(H2,30,33). The molecule has 184 valence electrons.